The Hall–Kier alpha value is -1.15. The van der Waals surface area contributed by atoms with E-state index in [0.717, 1.165) is 0 Å². The van der Waals surface area contributed by atoms with E-state index in [2.05, 4.69) is 0 Å². The van der Waals surface area contributed by atoms with Crippen LogP contribution in [0.15, 0.2) is 29.2 Å². The van der Waals surface area contributed by atoms with Crippen LogP contribution in [-0.4, -0.2) is 57.8 Å². The lowest BCUT2D eigenvalue weighted by Gasteiger charge is -2.20. The van der Waals surface area contributed by atoms with E-state index in [9.17, 15) is 8.42 Å². The summed E-state index contributed by atoms with van der Waals surface area (Å²) >= 11 is 0. The number of ether oxygens (including phenoxy) is 2. The van der Waals surface area contributed by atoms with Gasteiger partial charge in [-0.25, -0.2) is 8.42 Å². The lowest BCUT2D eigenvalue weighted by molar-refractivity contribution is 0.146. The summed E-state index contributed by atoms with van der Waals surface area (Å²) in [6.45, 7) is 3.32. The molecule has 1 aromatic rings. The first kappa shape index (κ1) is 17.9. The highest BCUT2D eigenvalue weighted by atomic mass is 32.2. The highest BCUT2D eigenvalue weighted by Crippen LogP contribution is 2.19. The third kappa shape index (κ3) is 5.28. The third-order valence-electron chi connectivity index (χ3n) is 2.94. The van der Waals surface area contributed by atoms with Crippen LogP contribution < -0.4 is 4.74 Å². The number of nitrogens with zero attached hydrogens (tertiary/aromatic N) is 1. The van der Waals surface area contributed by atoms with Crippen LogP contribution in [0.4, 0.5) is 0 Å². The van der Waals surface area contributed by atoms with Gasteiger partial charge in [0.1, 0.15) is 12.4 Å². The second-order valence-corrected chi connectivity index (χ2v) is 6.32. The van der Waals surface area contributed by atoms with Gasteiger partial charge in [0, 0.05) is 26.8 Å². The SMILES string of the molecule is CCN(CCCO)S(=O)(=O)c1ccc(OCCOC)cc1. The predicted octanol–water partition coefficient (Wildman–Crippen LogP) is 1.10. The van der Waals surface area contributed by atoms with Gasteiger partial charge in [0.25, 0.3) is 0 Å². The van der Waals surface area contributed by atoms with Crippen molar-refractivity contribution in [2.24, 2.45) is 0 Å². The topological polar surface area (TPSA) is 76.1 Å². The summed E-state index contributed by atoms with van der Waals surface area (Å²) in [6, 6.07) is 6.31. The maximum atomic E-state index is 12.4. The fourth-order valence-electron chi connectivity index (χ4n) is 1.80. The average Bonchev–Trinajstić information content (AvgIpc) is 2.48. The molecule has 1 aromatic carbocycles. The van der Waals surface area contributed by atoms with Gasteiger partial charge >= 0.3 is 0 Å². The fraction of sp³-hybridized carbons (Fsp3) is 0.571. The molecule has 1 rings (SSSR count). The zero-order valence-corrected chi connectivity index (χ0v) is 13.3. The molecule has 0 spiro atoms. The summed E-state index contributed by atoms with van der Waals surface area (Å²) in [5.74, 6) is 0.601. The van der Waals surface area contributed by atoms with Crippen molar-refractivity contribution in [1.82, 2.24) is 4.31 Å². The Morgan fingerprint density at radius 2 is 1.86 bits per heavy atom. The minimum absolute atomic E-state index is 0.0295. The van der Waals surface area contributed by atoms with Crippen LogP contribution in [0.1, 0.15) is 13.3 Å². The van der Waals surface area contributed by atoms with Gasteiger partial charge in [-0.15, -0.1) is 0 Å². The van der Waals surface area contributed by atoms with Crippen molar-refractivity contribution in [2.45, 2.75) is 18.2 Å². The smallest absolute Gasteiger partial charge is 0.243 e. The molecule has 0 aliphatic heterocycles. The number of hydrogen-bond donors (Lipinski definition) is 1. The molecular formula is C14H23NO5S. The van der Waals surface area contributed by atoms with Gasteiger partial charge in [-0.2, -0.15) is 4.31 Å². The molecule has 0 unspecified atom stereocenters. The van der Waals surface area contributed by atoms with Crippen molar-refractivity contribution < 1.29 is 23.0 Å². The molecular weight excluding hydrogens is 294 g/mol. The molecule has 0 fully saturated rings. The number of aliphatic hydroxyl groups is 1. The summed E-state index contributed by atoms with van der Waals surface area (Å²) in [7, 11) is -1.94. The van der Waals surface area contributed by atoms with Crippen molar-refractivity contribution in [3.8, 4) is 5.75 Å². The molecule has 1 N–H and O–H groups in total. The van der Waals surface area contributed by atoms with Crippen LogP contribution in [0, 0.1) is 0 Å². The first-order valence-electron chi connectivity index (χ1n) is 6.89. The normalized spacial score (nSPS) is 11.8. The summed E-state index contributed by atoms with van der Waals surface area (Å²) in [5, 5.41) is 8.84. The van der Waals surface area contributed by atoms with Gasteiger partial charge in [0.2, 0.25) is 10.0 Å². The van der Waals surface area contributed by atoms with E-state index in [0.29, 0.717) is 38.5 Å². The number of benzene rings is 1. The Morgan fingerprint density at radius 1 is 1.19 bits per heavy atom. The Labute approximate surface area is 126 Å². The van der Waals surface area contributed by atoms with E-state index in [1.165, 1.54) is 16.4 Å². The second-order valence-electron chi connectivity index (χ2n) is 4.39. The summed E-state index contributed by atoms with van der Waals surface area (Å²) in [4.78, 5) is 0.224. The zero-order valence-electron chi connectivity index (χ0n) is 12.5. The minimum atomic E-state index is -3.52. The van der Waals surface area contributed by atoms with Crippen LogP contribution in [-0.2, 0) is 14.8 Å². The second kappa shape index (κ2) is 8.99. The first-order valence-corrected chi connectivity index (χ1v) is 8.33. The van der Waals surface area contributed by atoms with E-state index >= 15 is 0 Å². The number of hydrogen-bond acceptors (Lipinski definition) is 5. The number of aliphatic hydroxyl groups excluding tert-OH is 1. The quantitative estimate of drug-likeness (QED) is 0.654. The number of sulfonamides is 1. The average molecular weight is 317 g/mol. The van der Waals surface area contributed by atoms with Crippen molar-refractivity contribution in [3.05, 3.63) is 24.3 Å². The zero-order chi connectivity index (χ0) is 15.7. The van der Waals surface area contributed by atoms with Crippen molar-refractivity contribution in [1.29, 1.82) is 0 Å². The highest BCUT2D eigenvalue weighted by molar-refractivity contribution is 7.89. The molecule has 120 valence electrons. The molecule has 0 heterocycles. The van der Waals surface area contributed by atoms with Crippen molar-refractivity contribution >= 4 is 10.0 Å². The predicted molar refractivity (Wildman–Crippen MR) is 79.9 cm³/mol. The van der Waals surface area contributed by atoms with E-state index in [4.69, 9.17) is 14.6 Å². The van der Waals surface area contributed by atoms with E-state index < -0.39 is 10.0 Å². The lowest BCUT2D eigenvalue weighted by Crippen LogP contribution is -2.32. The van der Waals surface area contributed by atoms with Crippen molar-refractivity contribution in [3.63, 3.8) is 0 Å². The van der Waals surface area contributed by atoms with Gasteiger partial charge in [0.05, 0.1) is 11.5 Å². The summed E-state index contributed by atoms with van der Waals surface area (Å²) < 4.78 is 36.5. The highest BCUT2D eigenvalue weighted by Gasteiger charge is 2.22. The van der Waals surface area contributed by atoms with E-state index in [1.54, 1.807) is 26.2 Å². The molecule has 0 amide bonds. The van der Waals surface area contributed by atoms with Gasteiger partial charge in [-0.3, -0.25) is 0 Å². The lowest BCUT2D eigenvalue weighted by atomic mass is 10.3. The first-order chi connectivity index (χ1) is 10.1. The molecule has 21 heavy (non-hydrogen) atoms. The van der Waals surface area contributed by atoms with Crippen LogP contribution in [0.3, 0.4) is 0 Å². The standard InChI is InChI=1S/C14H23NO5S/c1-3-15(9-4-10-16)21(17,18)14-7-5-13(6-8-14)20-12-11-19-2/h5-8,16H,3-4,9-12H2,1-2H3. The molecule has 0 radical (unpaired) electrons. The maximum absolute atomic E-state index is 12.4. The van der Waals surface area contributed by atoms with Gasteiger partial charge in [-0.1, -0.05) is 6.92 Å². The molecule has 0 saturated carbocycles. The Kier molecular flexibility index (Phi) is 7.66. The van der Waals surface area contributed by atoms with Crippen LogP contribution in [0.25, 0.3) is 0 Å². The Morgan fingerprint density at radius 3 is 2.38 bits per heavy atom. The monoisotopic (exact) mass is 317 g/mol. The molecule has 0 atom stereocenters. The van der Waals surface area contributed by atoms with Crippen LogP contribution >= 0.6 is 0 Å². The van der Waals surface area contributed by atoms with Gasteiger partial charge in [-0.05, 0) is 30.7 Å². The molecule has 7 heteroatoms. The van der Waals surface area contributed by atoms with Crippen molar-refractivity contribution in [2.75, 3.05) is 40.0 Å². The molecule has 6 nitrogen and oxygen atoms in total. The fourth-order valence-corrected chi connectivity index (χ4v) is 3.28. The number of methoxy groups -OCH3 is 1. The Bertz CT molecular complexity index is 501. The van der Waals surface area contributed by atoms with Gasteiger partial charge in [0.15, 0.2) is 0 Å². The van der Waals surface area contributed by atoms with Crippen LogP contribution in [0.2, 0.25) is 0 Å². The molecule has 0 aromatic heterocycles. The van der Waals surface area contributed by atoms with Crippen LogP contribution in [0.5, 0.6) is 5.75 Å². The minimum Gasteiger partial charge on any atom is -0.491 e. The van der Waals surface area contributed by atoms with E-state index in [1.807, 2.05) is 0 Å². The molecule has 0 aliphatic carbocycles. The summed E-state index contributed by atoms with van der Waals surface area (Å²) in [5.41, 5.74) is 0. The van der Waals surface area contributed by atoms with E-state index in [-0.39, 0.29) is 11.5 Å². The number of rotatable bonds is 10. The summed E-state index contributed by atoms with van der Waals surface area (Å²) in [6.07, 6.45) is 0.422. The molecule has 0 saturated heterocycles. The van der Waals surface area contributed by atoms with Gasteiger partial charge < -0.3 is 14.6 Å². The third-order valence-corrected chi connectivity index (χ3v) is 4.92. The Balaban J connectivity index is 2.78. The molecule has 0 aliphatic rings. The largest absolute Gasteiger partial charge is 0.491 e. The maximum Gasteiger partial charge on any atom is 0.243 e. The molecule has 0 bridgehead atoms.